The van der Waals surface area contributed by atoms with Crippen molar-refractivity contribution in [1.29, 1.82) is 0 Å². The van der Waals surface area contributed by atoms with Gasteiger partial charge in [0.2, 0.25) is 0 Å². The number of nitrogens with zero attached hydrogens (tertiary/aromatic N) is 1. The molecule has 0 heterocycles. The molecule has 2 nitrogen and oxygen atoms in total. The first kappa shape index (κ1) is 17.5. The zero-order chi connectivity index (χ0) is 15.1. The predicted molar refractivity (Wildman–Crippen MR) is 93.5 cm³/mol. The van der Waals surface area contributed by atoms with Crippen molar-refractivity contribution < 1.29 is 0 Å². The Morgan fingerprint density at radius 1 is 1.20 bits per heavy atom. The number of hydrogen-bond acceptors (Lipinski definition) is 2. The van der Waals surface area contributed by atoms with Gasteiger partial charge in [-0.3, -0.25) is 0 Å². The Kier molecular flexibility index (Phi) is 7.60. The van der Waals surface area contributed by atoms with Gasteiger partial charge in [0.1, 0.15) is 0 Å². The van der Waals surface area contributed by atoms with Crippen LogP contribution in [0.4, 0.5) is 5.69 Å². The summed E-state index contributed by atoms with van der Waals surface area (Å²) in [5.74, 6) is 0. The maximum Gasteiger partial charge on any atom is 0.0412 e. The number of unbranched alkanes of at least 4 members (excludes halogenated alkanes) is 2. The topological polar surface area (TPSA) is 29.3 Å². The van der Waals surface area contributed by atoms with E-state index in [-0.39, 0.29) is 6.04 Å². The van der Waals surface area contributed by atoms with E-state index >= 15 is 0 Å². The SMILES string of the molecule is CCCCCN(c1cc(Br)ccc1CC(C)N)C(C)C. The van der Waals surface area contributed by atoms with Crippen molar-refractivity contribution in [2.24, 2.45) is 5.73 Å². The van der Waals surface area contributed by atoms with E-state index in [0.29, 0.717) is 6.04 Å². The molecular weight excluding hydrogens is 312 g/mol. The summed E-state index contributed by atoms with van der Waals surface area (Å²) in [4.78, 5) is 2.51. The van der Waals surface area contributed by atoms with Gasteiger partial charge in [-0.15, -0.1) is 0 Å². The molecule has 0 aliphatic rings. The molecule has 1 rings (SSSR count). The molecule has 0 saturated heterocycles. The lowest BCUT2D eigenvalue weighted by atomic mass is 10.0. The van der Waals surface area contributed by atoms with Crippen molar-refractivity contribution in [2.75, 3.05) is 11.4 Å². The third kappa shape index (κ3) is 5.45. The van der Waals surface area contributed by atoms with Gasteiger partial charge in [-0.2, -0.15) is 0 Å². The average molecular weight is 341 g/mol. The average Bonchev–Trinajstić information content (AvgIpc) is 2.36. The van der Waals surface area contributed by atoms with Gasteiger partial charge in [-0.25, -0.2) is 0 Å². The van der Waals surface area contributed by atoms with Crippen LogP contribution in [0, 0.1) is 0 Å². The summed E-state index contributed by atoms with van der Waals surface area (Å²) in [7, 11) is 0. The lowest BCUT2D eigenvalue weighted by Crippen LogP contribution is -2.33. The zero-order valence-electron chi connectivity index (χ0n) is 13.3. The van der Waals surface area contributed by atoms with Gasteiger partial charge in [-0.1, -0.05) is 41.8 Å². The van der Waals surface area contributed by atoms with Gasteiger partial charge in [0, 0.05) is 28.8 Å². The largest absolute Gasteiger partial charge is 0.369 e. The molecule has 0 aliphatic carbocycles. The molecule has 0 radical (unpaired) electrons. The van der Waals surface area contributed by atoms with E-state index in [1.807, 2.05) is 0 Å². The van der Waals surface area contributed by atoms with Crippen LogP contribution in [0.2, 0.25) is 0 Å². The molecule has 3 heteroatoms. The fourth-order valence-electron chi connectivity index (χ4n) is 2.51. The third-order valence-electron chi connectivity index (χ3n) is 3.52. The molecule has 1 atom stereocenters. The minimum atomic E-state index is 0.194. The smallest absolute Gasteiger partial charge is 0.0412 e. The number of hydrogen-bond donors (Lipinski definition) is 1. The lowest BCUT2D eigenvalue weighted by molar-refractivity contribution is 0.621. The van der Waals surface area contributed by atoms with Gasteiger partial charge in [0.15, 0.2) is 0 Å². The highest BCUT2D eigenvalue weighted by molar-refractivity contribution is 9.10. The Hall–Kier alpha value is -0.540. The van der Waals surface area contributed by atoms with Crippen molar-refractivity contribution in [3.8, 4) is 0 Å². The van der Waals surface area contributed by atoms with Crippen LogP contribution < -0.4 is 10.6 Å². The Balaban J connectivity index is 3.00. The Morgan fingerprint density at radius 2 is 1.90 bits per heavy atom. The van der Waals surface area contributed by atoms with Gasteiger partial charge in [0.25, 0.3) is 0 Å². The third-order valence-corrected chi connectivity index (χ3v) is 4.02. The molecule has 0 spiro atoms. The zero-order valence-corrected chi connectivity index (χ0v) is 14.9. The van der Waals surface area contributed by atoms with Crippen LogP contribution in [0.25, 0.3) is 0 Å². The molecule has 114 valence electrons. The van der Waals surface area contributed by atoms with E-state index in [1.165, 1.54) is 30.5 Å². The minimum absolute atomic E-state index is 0.194. The summed E-state index contributed by atoms with van der Waals surface area (Å²) in [6.45, 7) is 9.97. The lowest BCUT2D eigenvalue weighted by Gasteiger charge is -2.31. The first-order valence-electron chi connectivity index (χ1n) is 7.76. The monoisotopic (exact) mass is 340 g/mol. The van der Waals surface area contributed by atoms with Gasteiger partial charge < -0.3 is 10.6 Å². The van der Waals surface area contributed by atoms with Crippen LogP contribution in [0.3, 0.4) is 0 Å². The normalized spacial score (nSPS) is 12.8. The highest BCUT2D eigenvalue weighted by Gasteiger charge is 2.15. The molecule has 20 heavy (non-hydrogen) atoms. The summed E-state index contributed by atoms with van der Waals surface area (Å²) >= 11 is 3.60. The van der Waals surface area contributed by atoms with Crippen LogP contribution in [-0.2, 0) is 6.42 Å². The van der Waals surface area contributed by atoms with E-state index in [2.05, 4.69) is 66.7 Å². The highest BCUT2D eigenvalue weighted by Crippen LogP contribution is 2.28. The molecule has 0 aromatic heterocycles. The fraction of sp³-hybridized carbons (Fsp3) is 0.647. The summed E-state index contributed by atoms with van der Waals surface area (Å²) in [5.41, 5.74) is 8.69. The van der Waals surface area contributed by atoms with E-state index in [9.17, 15) is 0 Å². The summed E-state index contributed by atoms with van der Waals surface area (Å²) in [5, 5.41) is 0. The first-order chi connectivity index (χ1) is 9.45. The van der Waals surface area contributed by atoms with Crippen LogP contribution in [0.5, 0.6) is 0 Å². The Labute approximate surface area is 132 Å². The van der Waals surface area contributed by atoms with Gasteiger partial charge in [0.05, 0.1) is 0 Å². The number of rotatable bonds is 8. The van der Waals surface area contributed by atoms with Crippen LogP contribution in [-0.4, -0.2) is 18.6 Å². The second kappa shape index (κ2) is 8.68. The van der Waals surface area contributed by atoms with Crippen LogP contribution in [0.15, 0.2) is 22.7 Å². The molecule has 0 bridgehead atoms. The van der Waals surface area contributed by atoms with E-state index < -0.39 is 0 Å². The Bertz CT molecular complexity index is 402. The second-order valence-electron chi connectivity index (χ2n) is 5.95. The molecule has 0 aliphatic heterocycles. The predicted octanol–water partition coefficient (Wildman–Crippen LogP) is 4.74. The fourth-order valence-corrected chi connectivity index (χ4v) is 2.86. The molecule has 0 fully saturated rings. The second-order valence-corrected chi connectivity index (χ2v) is 6.86. The number of anilines is 1. The first-order valence-corrected chi connectivity index (χ1v) is 8.55. The standard InChI is InChI=1S/C17H29BrN2/c1-5-6-7-10-20(13(2)3)17-12-16(18)9-8-15(17)11-14(4)19/h8-9,12-14H,5-7,10-11,19H2,1-4H3. The number of halogens is 1. The van der Waals surface area contributed by atoms with Crippen molar-refractivity contribution in [3.05, 3.63) is 28.2 Å². The van der Waals surface area contributed by atoms with Crippen molar-refractivity contribution in [2.45, 2.75) is 65.5 Å². The summed E-state index contributed by atoms with van der Waals surface area (Å²) in [6.07, 6.45) is 4.73. The van der Waals surface area contributed by atoms with E-state index in [1.54, 1.807) is 0 Å². The quantitative estimate of drug-likeness (QED) is 0.692. The molecule has 2 N–H and O–H groups in total. The molecule has 0 saturated carbocycles. The molecule has 0 amide bonds. The summed E-state index contributed by atoms with van der Waals surface area (Å²) in [6, 6.07) is 7.26. The van der Waals surface area contributed by atoms with Crippen LogP contribution in [0.1, 0.15) is 52.5 Å². The molecule has 1 aromatic rings. The summed E-state index contributed by atoms with van der Waals surface area (Å²) < 4.78 is 1.14. The van der Waals surface area contributed by atoms with Crippen molar-refractivity contribution in [3.63, 3.8) is 0 Å². The minimum Gasteiger partial charge on any atom is -0.369 e. The molecule has 1 aromatic carbocycles. The number of benzene rings is 1. The van der Waals surface area contributed by atoms with E-state index in [4.69, 9.17) is 5.73 Å². The van der Waals surface area contributed by atoms with Crippen molar-refractivity contribution >= 4 is 21.6 Å². The Morgan fingerprint density at radius 3 is 2.45 bits per heavy atom. The van der Waals surface area contributed by atoms with Crippen molar-refractivity contribution in [1.82, 2.24) is 0 Å². The van der Waals surface area contributed by atoms with Gasteiger partial charge >= 0.3 is 0 Å². The maximum absolute atomic E-state index is 6.00. The highest BCUT2D eigenvalue weighted by atomic mass is 79.9. The maximum atomic E-state index is 6.00. The molecular formula is C17H29BrN2. The number of nitrogens with two attached hydrogens (primary N) is 1. The molecule has 1 unspecified atom stereocenters. The van der Waals surface area contributed by atoms with Gasteiger partial charge in [-0.05, 0) is 51.3 Å². The van der Waals surface area contributed by atoms with Crippen LogP contribution >= 0.6 is 15.9 Å². The van der Waals surface area contributed by atoms with E-state index in [0.717, 1.165) is 17.4 Å².